The van der Waals surface area contributed by atoms with E-state index < -0.39 is 0 Å². The number of halogens is 1. The van der Waals surface area contributed by atoms with Crippen molar-refractivity contribution in [2.75, 3.05) is 19.7 Å². The molecular weight excluding hydrogens is 274 g/mol. The molecule has 0 atom stereocenters. The molecular formula is C16H22ClNO2. The van der Waals surface area contributed by atoms with Gasteiger partial charge in [-0.15, -0.1) is 0 Å². The zero-order valence-corrected chi connectivity index (χ0v) is 12.9. The van der Waals surface area contributed by atoms with Gasteiger partial charge in [-0.25, -0.2) is 4.79 Å². The molecule has 1 aromatic carbocycles. The van der Waals surface area contributed by atoms with Gasteiger partial charge in [0, 0.05) is 11.6 Å². The van der Waals surface area contributed by atoms with E-state index in [0.717, 1.165) is 24.9 Å². The molecule has 20 heavy (non-hydrogen) atoms. The minimum atomic E-state index is -0.272. The Kier molecular flexibility index (Phi) is 8.00. The summed E-state index contributed by atoms with van der Waals surface area (Å²) in [5.74, 6) is -0.272. The fourth-order valence-electron chi connectivity index (χ4n) is 1.69. The zero-order chi connectivity index (χ0) is 14.8. The molecule has 3 nitrogen and oxygen atoms in total. The summed E-state index contributed by atoms with van der Waals surface area (Å²) in [5, 5.41) is 3.94. The molecule has 1 aromatic rings. The van der Waals surface area contributed by atoms with Gasteiger partial charge in [-0.2, -0.15) is 0 Å². The number of carbonyl (C=O) groups is 1. The van der Waals surface area contributed by atoms with Gasteiger partial charge < -0.3 is 10.1 Å². The maximum Gasteiger partial charge on any atom is 0.335 e. The fraction of sp³-hybridized carbons (Fsp3) is 0.438. The van der Waals surface area contributed by atoms with Crippen molar-refractivity contribution in [3.05, 3.63) is 40.4 Å². The summed E-state index contributed by atoms with van der Waals surface area (Å²) in [6.45, 7) is 5.74. The Morgan fingerprint density at radius 2 is 2.00 bits per heavy atom. The van der Waals surface area contributed by atoms with Gasteiger partial charge in [-0.3, -0.25) is 0 Å². The minimum absolute atomic E-state index is 0.272. The van der Waals surface area contributed by atoms with Crippen molar-refractivity contribution in [2.45, 2.75) is 26.7 Å². The predicted octanol–water partition coefficient (Wildman–Crippen LogP) is 3.68. The van der Waals surface area contributed by atoms with E-state index in [4.69, 9.17) is 16.3 Å². The molecule has 0 saturated heterocycles. The molecule has 0 saturated carbocycles. The van der Waals surface area contributed by atoms with Crippen molar-refractivity contribution in [1.82, 2.24) is 5.32 Å². The summed E-state index contributed by atoms with van der Waals surface area (Å²) in [4.78, 5) is 11.9. The average molecular weight is 296 g/mol. The van der Waals surface area contributed by atoms with Crippen LogP contribution in [-0.4, -0.2) is 25.7 Å². The van der Waals surface area contributed by atoms with Crippen LogP contribution in [-0.2, 0) is 9.53 Å². The molecule has 0 aromatic heterocycles. The van der Waals surface area contributed by atoms with Gasteiger partial charge in [0.25, 0.3) is 0 Å². The zero-order valence-electron chi connectivity index (χ0n) is 12.1. The third kappa shape index (κ3) is 6.22. The Morgan fingerprint density at radius 1 is 1.30 bits per heavy atom. The van der Waals surface area contributed by atoms with Crippen LogP contribution in [0.5, 0.6) is 0 Å². The summed E-state index contributed by atoms with van der Waals surface area (Å²) in [7, 11) is 0. The van der Waals surface area contributed by atoms with Gasteiger partial charge in [0.15, 0.2) is 0 Å². The smallest absolute Gasteiger partial charge is 0.335 e. The Balaban J connectivity index is 2.74. The molecule has 0 radical (unpaired) electrons. The molecule has 0 heterocycles. The molecule has 0 unspecified atom stereocenters. The van der Waals surface area contributed by atoms with Gasteiger partial charge >= 0.3 is 5.97 Å². The molecule has 0 spiro atoms. The van der Waals surface area contributed by atoms with Gasteiger partial charge in [0.2, 0.25) is 0 Å². The highest BCUT2D eigenvalue weighted by Crippen LogP contribution is 2.13. The summed E-state index contributed by atoms with van der Waals surface area (Å²) >= 11 is 5.85. The normalized spacial score (nSPS) is 11.4. The first-order chi connectivity index (χ1) is 9.67. The van der Waals surface area contributed by atoms with Crippen LogP contribution in [0.15, 0.2) is 29.8 Å². The first-order valence-corrected chi connectivity index (χ1v) is 7.39. The Morgan fingerprint density at radius 3 is 2.60 bits per heavy atom. The van der Waals surface area contributed by atoms with E-state index in [9.17, 15) is 4.79 Å². The lowest BCUT2D eigenvalue weighted by Gasteiger charge is -2.08. The number of carbonyl (C=O) groups excluding carboxylic acids is 1. The maximum absolute atomic E-state index is 11.9. The summed E-state index contributed by atoms with van der Waals surface area (Å²) in [5.41, 5.74) is 1.57. The number of esters is 1. The third-order valence-electron chi connectivity index (χ3n) is 2.77. The quantitative estimate of drug-likeness (QED) is 0.452. The Labute approximate surface area is 126 Å². The third-order valence-corrected chi connectivity index (χ3v) is 3.02. The van der Waals surface area contributed by atoms with Crippen molar-refractivity contribution in [1.29, 1.82) is 0 Å². The van der Waals surface area contributed by atoms with Gasteiger partial charge in [-0.1, -0.05) is 37.1 Å². The first-order valence-electron chi connectivity index (χ1n) is 7.01. The lowest BCUT2D eigenvalue weighted by atomic mass is 10.1. The minimum Gasteiger partial charge on any atom is -0.463 e. The number of rotatable bonds is 8. The van der Waals surface area contributed by atoms with Crippen LogP contribution >= 0.6 is 11.6 Å². The number of hydrogen-bond acceptors (Lipinski definition) is 3. The van der Waals surface area contributed by atoms with Crippen molar-refractivity contribution in [2.24, 2.45) is 0 Å². The molecule has 1 N–H and O–H groups in total. The number of benzene rings is 1. The maximum atomic E-state index is 11.9. The number of nitrogens with one attached hydrogen (secondary N) is 1. The number of ether oxygens (including phenoxy) is 1. The molecule has 0 aliphatic carbocycles. The molecule has 1 rings (SSSR count). The van der Waals surface area contributed by atoms with E-state index in [2.05, 4.69) is 12.2 Å². The van der Waals surface area contributed by atoms with Crippen molar-refractivity contribution >= 4 is 23.6 Å². The van der Waals surface area contributed by atoms with Crippen LogP contribution in [0, 0.1) is 0 Å². The summed E-state index contributed by atoms with van der Waals surface area (Å²) < 4.78 is 5.08. The Hall–Kier alpha value is -1.32. The van der Waals surface area contributed by atoms with Crippen LogP contribution in [0.2, 0.25) is 5.02 Å². The average Bonchev–Trinajstić information content (AvgIpc) is 2.44. The predicted molar refractivity (Wildman–Crippen MR) is 83.8 cm³/mol. The van der Waals surface area contributed by atoms with Crippen LogP contribution in [0.4, 0.5) is 0 Å². The second kappa shape index (κ2) is 9.56. The van der Waals surface area contributed by atoms with E-state index in [-0.39, 0.29) is 5.97 Å². The van der Waals surface area contributed by atoms with Crippen molar-refractivity contribution in [3.63, 3.8) is 0 Å². The standard InChI is InChI=1S/C16H22ClNO2/c1-3-5-10-18-12-14(16(19)20-4-2)11-13-6-8-15(17)9-7-13/h6-9,11,18H,3-5,10,12H2,1-2H3/b14-11+. The lowest BCUT2D eigenvalue weighted by Crippen LogP contribution is -2.23. The van der Waals surface area contributed by atoms with E-state index >= 15 is 0 Å². The van der Waals surface area contributed by atoms with Crippen LogP contribution in [0.1, 0.15) is 32.3 Å². The summed E-state index contributed by atoms with van der Waals surface area (Å²) in [6, 6.07) is 7.38. The Bertz CT molecular complexity index is 440. The second-order valence-electron chi connectivity index (χ2n) is 4.47. The molecule has 0 aliphatic rings. The highest BCUT2D eigenvalue weighted by Gasteiger charge is 2.10. The van der Waals surface area contributed by atoms with E-state index in [0.29, 0.717) is 23.7 Å². The molecule has 110 valence electrons. The summed E-state index contributed by atoms with van der Waals surface area (Å²) in [6.07, 6.45) is 4.06. The molecule has 0 aliphatic heterocycles. The highest BCUT2D eigenvalue weighted by molar-refractivity contribution is 6.30. The second-order valence-corrected chi connectivity index (χ2v) is 4.91. The molecule has 0 bridgehead atoms. The van der Waals surface area contributed by atoms with Gasteiger partial charge in [0.1, 0.15) is 0 Å². The fourth-order valence-corrected chi connectivity index (χ4v) is 1.82. The van der Waals surface area contributed by atoms with E-state index in [1.807, 2.05) is 25.1 Å². The first kappa shape index (κ1) is 16.7. The number of hydrogen-bond donors (Lipinski definition) is 1. The largest absolute Gasteiger partial charge is 0.463 e. The SMILES string of the molecule is CCCCNC/C(=C\c1ccc(Cl)cc1)C(=O)OCC. The van der Waals surface area contributed by atoms with Gasteiger partial charge in [-0.05, 0) is 43.7 Å². The molecule has 0 fully saturated rings. The molecule has 0 amide bonds. The van der Waals surface area contributed by atoms with E-state index in [1.165, 1.54) is 0 Å². The topological polar surface area (TPSA) is 38.3 Å². The van der Waals surface area contributed by atoms with Crippen molar-refractivity contribution < 1.29 is 9.53 Å². The van der Waals surface area contributed by atoms with Crippen LogP contribution in [0.25, 0.3) is 6.08 Å². The van der Waals surface area contributed by atoms with Crippen molar-refractivity contribution in [3.8, 4) is 0 Å². The number of unbranched alkanes of at least 4 members (excludes halogenated alkanes) is 1. The van der Waals surface area contributed by atoms with Gasteiger partial charge in [0.05, 0.1) is 12.2 Å². The van der Waals surface area contributed by atoms with E-state index in [1.54, 1.807) is 12.1 Å². The lowest BCUT2D eigenvalue weighted by molar-refractivity contribution is -0.138. The molecule has 4 heteroatoms. The van der Waals surface area contributed by atoms with Crippen LogP contribution < -0.4 is 5.32 Å². The monoisotopic (exact) mass is 295 g/mol. The highest BCUT2D eigenvalue weighted by atomic mass is 35.5. The van der Waals surface area contributed by atoms with Crippen LogP contribution in [0.3, 0.4) is 0 Å².